The van der Waals surface area contributed by atoms with E-state index in [4.69, 9.17) is 11.0 Å². The van der Waals surface area contributed by atoms with Crippen molar-refractivity contribution in [2.45, 2.75) is 34.8 Å². The third-order valence-electron chi connectivity index (χ3n) is 6.76. The Kier molecular flexibility index (Phi) is 4.12. The van der Waals surface area contributed by atoms with Crippen molar-refractivity contribution in [3.63, 3.8) is 0 Å². The molecule has 1 fully saturated rings. The summed E-state index contributed by atoms with van der Waals surface area (Å²) in [5.74, 6) is -0.752. The normalized spacial score (nSPS) is 30.3. The first-order valence-electron chi connectivity index (χ1n) is 9.80. The molecule has 9 heteroatoms. The van der Waals surface area contributed by atoms with E-state index in [1.807, 2.05) is 12.1 Å². The van der Waals surface area contributed by atoms with Crippen molar-refractivity contribution in [2.75, 3.05) is 6.67 Å². The van der Waals surface area contributed by atoms with Crippen LogP contribution in [0, 0.1) is 11.3 Å². The minimum Gasteiger partial charge on any atom is -0.386 e. The zero-order chi connectivity index (χ0) is 22.0. The van der Waals surface area contributed by atoms with Gasteiger partial charge in [-0.05, 0) is 53.8 Å². The maximum Gasteiger partial charge on any atom is 0.171 e. The summed E-state index contributed by atoms with van der Waals surface area (Å²) < 4.78 is 53.1. The monoisotopic (exact) mass is 440 g/mol. The fourth-order valence-electron chi connectivity index (χ4n) is 5.03. The SMILES string of the molecule is N#Cc1ccc(/C(F)=C/c2ccc3c(c2)[C@@]2(C3)N=C(N)[C@]3(CF)CC[C@@H]2S3(=O)=O)nc1. The predicted octanol–water partition coefficient (Wildman–Crippen LogP) is 2.83. The number of pyridine rings is 1. The van der Waals surface area contributed by atoms with E-state index in [1.54, 1.807) is 12.1 Å². The van der Waals surface area contributed by atoms with E-state index in [2.05, 4.69) is 9.98 Å². The summed E-state index contributed by atoms with van der Waals surface area (Å²) in [5.41, 5.74) is 7.52. The minimum absolute atomic E-state index is 0.0856. The van der Waals surface area contributed by atoms with E-state index in [-0.39, 0.29) is 18.0 Å². The highest BCUT2D eigenvalue weighted by molar-refractivity contribution is 7.94. The number of sulfone groups is 1. The molecule has 3 aliphatic rings. The Morgan fingerprint density at radius 2 is 2.16 bits per heavy atom. The molecule has 1 aromatic carbocycles. The van der Waals surface area contributed by atoms with Gasteiger partial charge in [0.1, 0.15) is 29.9 Å². The van der Waals surface area contributed by atoms with Crippen LogP contribution in [0.3, 0.4) is 0 Å². The van der Waals surface area contributed by atoms with Gasteiger partial charge < -0.3 is 5.73 Å². The van der Waals surface area contributed by atoms with Gasteiger partial charge in [0.05, 0.1) is 16.5 Å². The van der Waals surface area contributed by atoms with Crippen molar-refractivity contribution in [1.29, 1.82) is 5.26 Å². The van der Waals surface area contributed by atoms with Crippen LogP contribution >= 0.6 is 0 Å². The Morgan fingerprint density at radius 1 is 1.35 bits per heavy atom. The highest BCUT2D eigenvalue weighted by Crippen LogP contribution is 2.57. The number of nitrogens with two attached hydrogens (primary N) is 1. The van der Waals surface area contributed by atoms with Crippen LogP contribution in [0.2, 0.25) is 0 Å². The average Bonchev–Trinajstić information content (AvgIpc) is 2.93. The fourth-order valence-corrected chi connectivity index (χ4v) is 7.67. The molecule has 31 heavy (non-hydrogen) atoms. The summed E-state index contributed by atoms with van der Waals surface area (Å²) in [4.78, 5) is 8.48. The van der Waals surface area contributed by atoms with Gasteiger partial charge in [-0.3, -0.25) is 9.98 Å². The number of rotatable bonds is 3. The molecule has 0 saturated carbocycles. The highest BCUT2D eigenvalue weighted by Gasteiger charge is 2.68. The van der Waals surface area contributed by atoms with Crippen molar-refractivity contribution in [3.05, 3.63) is 64.5 Å². The lowest BCUT2D eigenvalue weighted by Gasteiger charge is -2.48. The summed E-state index contributed by atoms with van der Waals surface area (Å²) in [6.07, 6.45) is 3.41. The molecule has 0 radical (unpaired) electrons. The van der Waals surface area contributed by atoms with Gasteiger partial charge >= 0.3 is 0 Å². The number of amidine groups is 1. The maximum absolute atomic E-state index is 14.7. The smallest absolute Gasteiger partial charge is 0.171 e. The number of hydrogen-bond acceptors (Lipinski definition) is 6. The molecule has 1 spiro atoms. The largest absolute Gasteiger partial charge is 0.386 e. The van der Waals surface area contributed by atoms with E-state index in [0.29, 0.717) is 29.5 Å². The number of nitrogens with zero attached hydrogens (tertiary/aromatic N) is 3. The number of benzene rings is 1. The number of aliphatic imine (C=N–C) groups is 1. The molecule has 1 saturated heterocycles. The van der Waals surface area contributed by atoms with Crippen molar-refractivity contribution in [1.82, 2.24) is 4.98 Å². The van der Waals surface area contributed by atoms with Gasteiger partial charge in [0.25, 0.3) is 0 Å². The number of halogens is 2. The first-order chi connectivity index (χ1) is 14.8. The summed E-state index contributed by atoms with van der Waals surface area (Å²) >= 11 is 0. The molecule has 5 rings (SSSR count). The lowest BCUT2D eigenvalue weighted by Crippen LogP contribution is -2.62. The fraction of sp³-hybridized carbons (Fsp3) is 0.318. The lowest BCUT2D eigenvalue weighted by molar-refractivity contribution is 0.355. The van der Waals surface area contributed by atoms with Crippen LogP contribution in [0.25, 0.3) is 11.9 Å². The summed E-state index contributed by atoms with van der Waals surface area (Å²) in [7, 11) is -3.84. The molecule has 2 N–H and O–H groups in total. The molecular weight excluding hydrogens is 422 g/mol. The molecule has 0 amide bonds. The Morgan fingerprint density at radius 3 is 2.84 bits per heavy atom. The molecule has 158 valence electrons. The van der Waals surface area contributed by atoms with Crippen molar-refractivity contribution < 1.29 is 17.2 Å². The van der Waals surface area contributed by atoms with Gasteiger partial charge in [0.2, 0.25) is 0 Å². The topological polar surface area (TPSA) is 109 Å². The minimum atomic E-state index is -3.84. The van der Waals surface area contributed by atoms with Gasteiger partial charge in [-0.15, -0.1) is 0 Å². The Balaban J connectivity index is 1.55. The molecule has 1 aliphatic carbocycles. The molecule has 3 atom stereocenters. The van der Waals surface area contributed by atoms with Crippen LogP contribution in [-0.2, 0) is 21.8 Å². The number of nitriles is 1. The summed E-state index contributed by atoms with van der Waals surface area (Å²) in [5, 5.41) is 8.00. The molecule has 6 nitrogen and oxygen atoms in total. The second-order valence-electron chi connectivity index (χ2n) is 8.25. The van der Waals surface area contributed by atoms with Gasteiger partial charge in [0.15, 0.2) is 14.6 Å². The Labute approximate surface area is 178 Å². The standard InChI is InChI=1S/C22H18F2N4O2S/c23-12-21-6-5-19(31(21,29)30)22(28-20(21)26)9-15-3-1-13(7-16(15)22)8-17(24)18-4-2-14(10-25)11-27-18/h1-4,7-8,11,19H,5-6,9,12H2,(H2,26,28)/b17-8-/t19-,21+,22+/m0/s1. The predicted molar refractivity (Wildman–Crippen MR) is 112 cm³/mol. The van der Waals surface area contributed by atoms with Gasteiger partial charge in [0, 0.05) is 12.6 Å². The Bertz CT molecular complexity index is 1310. The molecule has 3 heterocycles. The van der Waals surface area contributed by atoms with Crippen LogP contribution < -0.4 is 5.73 Å². The van der Waals surface area contributed by atoms with E-state index < -0.39 is 37.9 Å². The van der Waals surface area contributed by atoms with Gasteiger partial charge in [-0.2, -0.15) is 5.26 Å². The number of alkyl halides is 1. The number of hydrogen-bond donors (Lipinski definition) is 1. The third kappa shape index (κ3) is 2.48. The summed E-state index contributed by atoms with van der Waals surface area (Å²) in [6, 6.07) is 10.1. The van der Waals surface area contributed by atoms with Crippen LogP contribution in [-0.4, -0.2) is 35.9 Å². The average molecular weight is 440 g/mol. The van der Waals surface area contributed by atoms with E-state index in [0.717, 1.165) is 5.56 Å². The molecule has 1 aromatic heterocycles. The number of aromatic nitrogens is 1. The number of fused-ring (bicyclic) bond motifs is 5. The Hall–Kier alpha value is -3.12. The van der Waals surface area contributed by atoms with Gasteiger partial charge in [-0.1, -0.05) is 12.1 Å². The van der Waals surface area contributed by atoms with E-state index in [1.165, 1.54) is 24.4 Å². The van der Waals surface area contributed by atoms with Gasteiger partial charge in [-0.25, -0.2) is 17.2 Å². The third-order valence-corrected chi connectivity index (χ3v) is 9.74. The maximum atomic E-state index is 14.7. The molecule has 2 bridgehead atoms. The van der Waals surface area contributed by atoms with Crippen LogP contribution in [0.5, 0.6) is 0 Å². The lowest BCUT2D eigenvalue weighted by atomic mass is 9.68. The van der Waals surface area contributed by atoms with Crippen molar-refractivity contribution in [2.24, 2.45) is 10.7 Å². The highest BCUT2D eigenvalue weighted by atomic mass is 32.2. The van der Waals surface area contributed by atoms with Crippen LogP contribution in [0.4, 0.5) is 8.78 Å². The van der Waals surface area contributed by atoms with Crippen molar-refractivity contribution >= 4 is 27.6 Å². The van der Waals surface area contributed by atoms with Crippen LogP contribution in [0.1, 0.15) is 40.8 Å². The second-order valence-corrected chi connectivity index (χ2v) is 10.7. The molecular formula is C22H18F2N4O2S. The van der Waals surface area contributed by atoms with E-state index >= 15 is 0 Å². The van der Waals surface area contributed by atoms with Crippen molar-refractivity contribution in [3.8, 4) is 6.07 Å². The second kappa shape index (κ2) is 6.44. The molecule has 2 aliphatic heterocycles. The molecule has 0 unspecified atom stereocenters. The first-order valence-corrected chi connectivity index (χ1v) is 11.3. The molecule has 2 aromatic rings. The van der Waals surface area contributed by atoms with Crippen LogP contribution in [0.15, 0.2) is 41.5 Å². The first kappa shape index (κ1) is 19.8. The summed E-state index contributed by atoms with van der Waals surface area (Å²) in [6.45, 7) is -1.07. The van der Waals surface area contributed by atoms with E-state index in [9.17, 15) is 17.2 Å². The zero-order valence-corrected chi connectivity index (χ0v) is 17.2. The zero-order valence-electron chi connectivity index (χ0n) is 16.3. The quantitative estimate of drug-likeness (QED) is 0.789.